The van der Waals surface area contributed by atoms with Crippen LogP contribution in [0.3, 0.4) is 0 Å². The molecule has 2 N–H and O–H groups in total. The zero-order valence-electron chi connectivity index (χ0n) is 12.0. The van der Waals surface area contributed by atoms with E-state index in [1.807, 2.05) is 0 Å². The predicted molar refractivity (Wildman–Crippen MR) is 77.8 cm³/mol. The summed E-state index contributed by atoms with van der Waals surface area (Å²) in [4.78, 5) is 8.36. The third-order valence-corrected chi connectivity index (χ3v) is 4.27. The highest BCUT2D eigenvalue weighted by molar-refractivity contribution is 5.32. The van der Waals surface area contributed by atoms with Crippen molar-refractivity contribution in [2.24, 2.45) is 0 Å². The summed E-state index contributed by atoms with van der Waals surface area (Å²) in [5.41, 5.74) is 2.83. The van der Waals surface area contributed by atoms with Crippen molar-refractivity contribution in [3.8, 4) is 0 Å². The van der Waals surface area contributed by atoms with Gasteiger partial charge in [0.2, 0.25) is 0 Å². The smallest absolute Gasteiger partial charge is 0.290 e. The number of hydrogen-bond donors (Lipinski definition) is 2. The molecule has 1 heterocycles. The maximum atomic E-state index is 8.36. The fraction of sp³-hybridized carbons (Fsp3) is 0.562. The normalized spacial score (nSPS) is 28.8. The van der Waals surface area contributed by atoms with Crippen molar-refractivity contribution in [2.75, 3.05) is 13.2 Å². The van der Waals surface area contributed by atoms with Crippen molar-refractivity contribution in [1.29, 1.82) is 0 Å². The molecule has 0 amide bonds. The van der Waals surface area contributed by atoms with E-state index in [0.717, 1.165) is 13.2 Å². The molecule has 1 aliphatic carbocycles. The molecule has 4 heteroatoms. The maximum Gasteiger partial charge on any atom is 0.290 e. The molecule has 3 rings (SSSR count). The minimum atomic E-state index is -0.250. The quantitative estimate of drug-likeness (QED) is 0.774. The Balaban J connectivity index is 0.000000452. The summed E-state index contributed by atoms with van der Waals surface area (Å²) in [5.74, 6) is 0. The van der Waals surface area contributed by atoms with Gasteiger partial charge in [0.05, 0.1) is 18.2 Å². The monoisotopic (exact) mass is 277 g/mol. The molecule has 1 aliphatic heterocycles. The fourth-order valence-electron chi connectivity index (χ4n) is 3.33. The lowest BCUT2D eigenvalue weighted by Crippen LogP contribution is -2.59. The van der Waals surface area contributed by atoms with Gasteiger partial charge in [-0.1, -0.05) is 42.7 Å². The van der Waals surface area contributed by atoms with E-state index >= 15 is 0 Å². The van der Waals surface area contributed by atoms with Gasteiger partial charge in [-0.05, 0) is 25.3 Å². The Morgan fingerprint density at radius 1 is 1.35 bits per heavy atom. The number of fused-ring (bicyclic) bond motifs is 1. The van der Waals surface area contributed by atoms with Gasteiger partial charge in [0.15, 0.2) is 0 Å². The Morgan fingerprint density at radius 3 is 2.75 bits per heavy atom. The molecule has 2 aliphatic rings. The van der Waals surface area contributed by atoms with Gasteiger partial charge in [-0.2, -0.15) is 0 Å². The Kier molecular flexibility index (Phi) is 5.15. The van der Waals surface area contributed by atoms with Crippen LogP contribution in [-0.2, 0) is 15.1 Å². The molecule has 1 aromatic rings. The number of aryl methyl sites for hydroxylation is 1. The van der Waals surface area contributed by atoms with E-state index in [-0.39, 0.29) is 12.0 Å². The highest BCUT2D eigenvalue weighted by Crippen LogP contribution is 2.40. The van der Waals surface area contributed by atoms with E-state index in [0.29, 0.717) is 6.10 Å². The Bertz CT molecular complexity index is 418. The standard InChI is InChI=1S/C15H21NO.CH2O2/c1-12-5-7-13(8-6-12)15-9-3-2-4-14(15)17-11-10-16-15;2-1-3/h5-8,14,16H,2-4,9-11H2,1H3;1H,(H,2,3). The number of ether oxygens (including phenoxy) is 1. The molecule has 0 radical (unpaired) electrons. The van der Waals surface area contributed by atoms with Crippen LogP contribution in [0.15, 0.2) is 24.3 Å². The molecule has 4 nitrogen and oxygen atoms in total. The van der Waals surface area contributed by atoms with Crippen LogP contribution >= 0.6 is 0 Å². The number of morpholine rings is 1. The van der Waals surface area contributed by atoms with Gasteiger partial charge in [-0.15, -0.1) is 0 Å². The average Bonchev–Trinajstić information content (AvgIpc) is 2.48. The van der Waals surface area contributed by atoms with Crippen LogP contribution in [0.5, 0.6) is 0 Å². The molecule has 110 valence electrons. The summed E-state index contributed by atoms with van der Waals surface area (Å²) in [7, 11) is 0. The number of hydrogen-bond acceptors (Lipinski definition) is 3. The molecule has 0 spiro atoms. The van der Waals surface area contributed by atoms with Gasteiger partial charge < -0.3 is 15.2 Å². The van der Waals surface area contributed by atoms with E-state index in [1.165, 1.54) is 36.8 Å². The number of rotatable bonds is 1. The first-order valence-electron chi connectivity index (χ1n) is 7.24. The van der Waals surface area contributed by atoms with Crippen molar-refractivity contribution in [3.05, 3.63) is 35.4 Å². The zero-order valence-corrected chi connectivity index (χ0v) is 12.0. The van der Waals surface area contributed by atoms with Crippen molar-refractivity contribution >= 4 is 6.47 Å². The topological polar surface area (TPSA) is 58.6 Å². The molecule has 0 aromatic heterocycles. The zero-order chi connectivity index (χ0) is 14.4. The highest BCUT2D eigenvalue weighted by atomic mass is 16.5. The largest absolute Gasteiger partial charge is 0.483 e. The molecule has 1 aromatic carbocycles. The molecular weight excluding hydrogens is 254 g/mol. The van der Waals surface area contributed by atoms with Crippen LogP contribution in [-0.4, -0.2) is 30.8 Å². The van der Waals surface area contributed by atoms with Gasteiger partial charge in [0.1, 0.15) is 0 Å². The molecule has 2 unspecified atom stereocenters. The van der Waals surface area contributed by atoms with Crippen molar-refractivity contribution in [1.82, 2.24) is 5.32 Å². The van der Waals surface area contributed by atoms with E-state index in [4.69, 9.17) is 14.6 Å². The van der Waals surface area contributed by atoms with Crippen LogP contribution in [0.4, 0.5) is 0 Å². The van der Waals surface area contributed by atoms with E-state index in [9.17, 15) is 0 Å². The van der Waals surface area contributed by atoms with Crippen LogP contribution < -0.4 is 5.32 Å². The molecule has 2 fully saturated rings. The van der Waals surface area contributed by atoms with Crippen LogP contribution in [0, 0.1) is 6.92 Å². The lowest BCUT2D eigenvalue weighted by atomic mass is 9.73. The second-order valence-electron chi connectivity index (χ2n) is 5.47. The van der Waals surface area contributed by atoms with E-state index < -0.39 is 0 Å². The number of benzene rings is 1. The lowest BCUT2D eigenvalue weighted by molar-refractivity contribution is -0.122. The SMILES string of the molecule is Cc1ccc(C23CCCCC2OCCN3)cc1.O=CO. The number of carbonyl (C=O) groups is 1. The van der Waals surface area contributed by atoms with Crippen LogP contribution in [0.25, 0.3) is 0 Å². The number of nitrogens with one attached hydrogen (secondary N) is 1. The molecule has 2 atom stereocenters. The highest BCUT2D eigenvalue weighted by Gasteiger charge is 2.44. The van der Waals surface area contributed by atoms with Gasteiger partial charge in [-0.3, -0.25) is 4.79 Å². The average molecular weight is 277 g/mol. The Labute approximate surface area is 120 Å². The number of carboxylic acid groups (broad SMARTS) is 1. The Hall–Kier alpha value is -1.39. The summed E-state index contributed by atoms with van der Waals surface area (Å²) < 4.78 is 6.01. The van der Waals surface area contributed by atoms with E-state index in [1.54, 1.807) is 0 Å². The van der Waals surface area contributed by atoms with Crippen LogP contribution in [0.1, 0.15) is 36.8 Å². The first-order valence-corrected chi connectivity index (χ1v) is 7.24. The molecule has 1 saturated heterocycles. The minimum Gasteiger partial charge on any atom is -0.483 e. The second-order valence-corrected chi connectivity index (χ2v) is 5.47. The predicted octanol–water partition coefficient (Wildman–Crippen LogP) is 2.45. The minimum absolute atomic E-state index is 0.0875. The van der Waals surface area contributed by atoms with Gasteiger partial charge in [0, 0.05) is 6.54 Å². The Morgan fingerprint density at radius 2 is 2.05 bits per heavy atom. The van der Waals surface area contributed by atoms with Gasteiger partial charge >= 0.3 is 0 Å². The third kappa shape index (κ3) is 3.02. The molecule has 20 heavy (non-hydrogen) atoms. The fourth-order valence-corrected chi connectivity index (χ4v) is 3.33. The third-order valence-electron chi connectivity index (χ3n) is 4.27. The molecule has 1 saturated carbocycles. The van der Waals surface area contributed by atoms with Gasteiger partial charge in [0.25, 0.3) is 6.47 Å². The van der Waals surface area contributed by atoms with E-state index in [2.05, 4.69) is 36.5 Å². The molecule has 0 bridgehead atoms. The van der Waals surface area contributed by atoms with Crippen molar-refractivity contribution in [2.45, 2.75) is 44.2 Å². The summed E-state index contributed by atoms with van der Waals surface area (Å²) in [5, 5.41) is 10.6. The first kappa shape index (κ1) is 15.0. The first-order chi connectivity index (χ1) is 9.73. The lowest BCUT2D eigenvalue weighted by Gasteiger charge is -2.48. The summed E-state index contributed by atoms with van der Waals surface area (Å²) in [6.07, 6.45) is 5.38. The van der Waals surface area contributed by atoms with Gasteiger partial charge in [-0.25, -0.2) is 0 Å². The molecular formula is C16H23NO3. The summed E-state index contributed by atoms with van der Waals surface area (Å²) >= 11 is 0. The summed E-state index contributed by atoms with van der Waals surface area (Å²) in [6, 6.07) is 8.97. The van der Waals surface area contributed by atoms with Crippen molar-refractivity contribution < 1.29 is 14.6 Å². The second kappa shape index (κ2) is 6.86. The van der Waals surface area contributed by atoms with Crippen LogP contribution in [0.2, 0.25) is 0 Å². The summed E-state index contributed by atoms with van der Waals surface area (Å²) in [6.45, 7) is 3.73. The maximum absolute atomic E-state index is 8.36. The van der Waals surface area contributed by atoms with Crippen molar-refractivity contribution in [3.63, 3.8) is 0 Å².